The van der Waals surface area contributed by atoms with Gasteiger partial charge in [0.2, 0.25) is 5.91 Å². The predicted octanol–water partition coefficient (Wildman–Crippen LogP) is 3.81. The highest BCUT2D eigenvalue weighted by Crippen LogP contribution is 2.35. The number of likely N-dealkylation sites (tertiary alicyclic amines) is 1. The summed E-state index contributed by atoms with van der Waals surface area (Å²) in [4.78, 5) is 37.3. The average Bonchev–Trinajstić information content (AvgIpc) is 3.35. The fourth-order valence-electron chi connectivity index (χ4n) is 4.26. The van der Waals surface area contributed by atoms with E-state index in [0.29, 0.717) is 31.7 Å². The van der Waals surface area contributed by atoms with Gasteiger partial charge in [-0.3, -0.25) is 14.6 Å². The first kappa shape index (κ1) is 21.2. The summed E-state index contributed by atoms with van der Waals surface area (Å²) in [5.74, 6) is -0.163. The van der Waals surface area contributed by atoms with Gasteiger partial charge in [0.1, 0.15) is 5.69 Å². The lowest BCUT2D eigenvalue weighted by atomic mass is 9.74. The molecular formula is C24H26N4O2S. The van der Waals surface area contributed by atoms with Crippen LogP contribution in [-0.2, 0) is 11.2 Å². The maximum absolute atomic E-state index is 13.2. The highest BCUT2D eigenvalue weighted by atomic mass is 32.1. The highest BCUT2D eigenvalue weighted by molar-refractivity contribution is 7.13. The third-order valence-electron chi connectivity index (χ3n) is 5.77. The van der Waals surface area contributed by atoms with Crippen LogP contribution in [0.3, 0.4) is 0 Å². The lowest BCUT2D eigenvalue weighted by Crippen LogP contribution is -2.54. The van der Waals surface area contributed by atoms with E-state index in [0.717, 1.165) is 18.4 Å². The Kier molecular flexibility index (Phi) is 6.42. The Morgan fingerprint density at radius 3 is 2.71 bits per heavy atom. The summed E-state index contributed by atoms with van der Waals surface area (Å²) in [6, 6.07) is 12.6. The number of aromatic nitrogens is 2. The van der Waals surface area contributed by atoms with Gasteiger partial charge in [-0.1, -0.05) is 30.3 Å². The summed E-state index contributed by atoms with van der Waals surface area (Å²) in [6.45, 7) is 3.48. The van der Waals surface area contributed by atoms with E-state index < -0.39 is 5.41 Å². The molecule has 4 rings (SSSR count). The molecule has 1 atom stereocenters. The molecule has 31 heavy (non-hydrogen) atoms. The molecule has 1 aromatic carbocycles. The molecule has 3 heterocycles. The van der Waals surface area contributed by atoms with Crippen molar-refractivity contribution in [3.8, 4) is 10.4 Å². The number of hydrogen-bond acceptors (Lipinski definition) is 5. The first-order chi connectivity index (χ1) is 15.1. The fourth-order valence-corrected chi connectivity index (χ4v) is 4.99. The summed E-state index contributed by atoms with van der Waals surface area (Å²) < 4.78 is 0. The van der Waals surface area contributed by atoms with Crippen LogP contribution in [0.15, 0.2) is 60.4 Å². The highest BCUT2D eigenvalue weighted by Gasteiger charge is 2.43. The van der Waals surface area contributed by atoms with Gasteiger partial charge in [-0.25, -0.2) is 4.98 Å². The van der Waals surface area contributed by atoms with Crippen LogP contribution in [0.2, 0.25) is 0 Å². The first-order valence-corrected chi connectivity index (χ1v) is 11.5. The molecule has 0 bridgehead atoms. The molecule has 1 unspecified atom stereocenters. The number of rotatable bonds is 6. The van der Waals surface area contributed by atoms with Crippen molar-refractivity contribution in [3.63, 3.8) is 0 Å². The zero-order valence-corrected chi connectivity index (χ0v) is 18.4. The SMILES string of the molecule is CCNC(=O)C1(Cc2ccc(-c3cccs3)cc2)CCCN(C(=O)c2cnccn2)C1. The number of nitrogens with one attached hydrogen (secondary N) is 1. The number of thiophene rings is 1. The van der Waals surface area contributed by atoms with Gasteiger partial charge < -0.3 is 10.2 Å². The Morgan fingerprint density at radius 1 is 1.19 bits per heavy atom. The van der Waals surface area contributed by atoms with Gasteiger partial charge in [0.15, 0.2) is 0 Å². The number of benzene rings is 1. The summed E-state index contributed by atoms with van der Waals surface area (Å²) in [6.07, 6.45) is 6.66. The van der Waals surface area contributed by atoms with Crippen LogP contribution in [0, 0.1) is 5.41 Å². The van der Waals surface area contributed by atoms with Crippen LogP contribution in [0.1, 0.15) is 35.8 Å². The second kappa shape index (κ2) is 9.39. The smallest absolute Gasteiger partial charge is 0.274 e. The van der Waals surface area contributed by atoms with E-state index in [2.05, 4.69) is 51.0 Å². The third kappa shape index (κ3) is 4.66. The van der Waals surface area contributed by atoms with Crippen LogP contribution in [0.4, 0.5) is 0 Å². The molecule has 1 fully saturated rings. The number of carbonyl (C=O) groups excluding carboxylic acids is 2. The van der Waals surface area contributed by atoms with Crippen molar-refractivity contribution in [2.75, 3.05) is 19.6 Å². The van der Waals surface area contributed by atoms with Crippen molar-refractivity contribution in [1.29, 1.82) is 0 Å². The van der Waals surface area contributed by atoms with Crippen LogP contribution in [-0.4, -0.2) is 46.3 Å². The third-order valence-corrected chi connectivity index (χ3v) is 6.69. The van der Waals surface area contributed by atoms with Gasteiger partial charge in [-0.2, -0.15) is 0 Å². The van der Waals surface area contributed by atoms with Crippen LogP contribution < -0.4 is 5.32 Å². The summed E-state index contributed by atoms with van der Waals surface area (Å²) in [7, 11) is 0. The number of hydrogen-bond donors (Lipinski definition) is 1. The minimum absolute atomic E-state index is 0.00831. The van der Waals surface area contributed by atoms with Crippen molar-refractivity contribution >= 4 is 23.2 Å². The number of amides is 2. The molecule has 0 aliphatic carbocycles. The molecule has 3 aromatic rings. The molecular weight excluding hydrogens is 408 g/mol. The van der Waals surface area contributed by atoms with E-state index in [-0.39, 0.29) is 11.8 Å². The molecule has 6 nitrogen and oxygen atoms in total. The second-order valence-electron chi connectivity index (χ2n) is 7.91. The topological polar surface area (TPSA) is 75.2 Å². The van der Waals surface area contributed by atoms with E-state index in [1.807, 2.05) is 13.0 Å². The Labute approximate surface area is 186 Å². The largest absolute Gasteiger partial charge is 0.356 e. The minimum Gasteiger partial charge on any atom is -0.356 e. The molecule has 0 saturated carbocycles. The van der Waals surface area contributed by atoms with E-state index in [1.54, 1.807) is 22.4 Å². The van der Waals surface area contributed by atoms with Crippen LogP contribution in [0.25, 0.3) is 10.4 Å². The quantitative estimate of drug-likeness (QED) is 0.640. The Morgan fingerprint density at radius 2 is 2.03 bits per heavy atom. The fraction of sp³-hybridized carbons (Fsp3) is 0.333. The van der Waals surface area contributed by atoms with Crippen LogP contribution in [0.5, 0.6) is 0 Å². The zero-order chi connectivity index (χ0) is 21.7. The standard InChI is InChI=1S/C24H26N4O2S/c1-2-26-23(30)24(15-18-6-8-19(9-7-18)21-5-3-14-31-21)10-4-13-28(17-24)22(29)20-16-25-11-12-27-20/h3,5-9,11-12,14,16H,2,4,10,13,15,17H2,1H3,(H,26,30). The van der Waals surface area contributed by atoms with Gasteiger partial charge in [0.05, 0.1) is 11.6 Å². The van der Waals surface area contributed by atoms with E-state index in [9.17, 15) is 9.59 Å². The van der Waals surface area contributed by atoms with Gasteiger partial charge in [0.25, 0.3) is 5.91 Å². The van der Waals surface area contributed by atoms with E-state index in [1.165, 1.54) is 22.8 Å². The Hall–Kier alpha value is -3.06. The lowest BCUT2D eigenvalue weighted by Gasteiger charge is -2.41. The van der Waals surface area contributed by atoms with Gasteiger partial charge in [-0.15, -0.1) is 11.3 Å². The van der Waals surface area contributed by atoms with E-state index in [4.69, 9.17) is 0 Å². The monoisotopic (exact) mass is 434 g/mol. The van der Waals surface area contributed by atoms with Crippen molar-refractivity contribution < 1.29 is 9.59 Å². The molecule has 1 N–H and O–H groups in total. The van der Waals surface area contributed by atoms with E-state index >= 15 is 0 Å². The molecule has 2 aromatic heterocycles. The number of nitrogens with zero attached hydrogens (tertiary/aromatic N) is 3. The molecule has 2 amide bonds. The molecule has 1 saturated heterocycles. The molecule has 160 valence electrons. The predicted molar refractivity (Wildman–Crippen MR) is 122 cm³/mol. The molecule has 1 aliphatic rings. The maximum Gasteiger partial charge on any atom is 0.274 e. The normalized spacial score (nSPS) is 18.5. The van der Waals surface area contributed by atoms with Gasteiger partial charge >= 0.3 is 0 Å². The summed E-state index contributed by atoms with van der Waals surface area (Å²) in [5.41, 5.74) is 1.93. The minimum atomic E-state index is -0.656. The van der Waals surface area contributed by atoms with Crippen molar-refractivity contribution in [2.24, 2.45) is 5.41 Å². The average molecular weight is 435 g/mol. The van der Waals surface area contributed by atoms with Crippen molar-refractivity contribution in [1.82, 2.24) is 20.2 Å². The van der Waals surface area contributed by atoms with Gasteiger partial charge in [-0.05, 0) is 48.8 Å². The molecule has 0 spiro atoms. The number of piperidine rings is 1. The maximum atomic E-state index is 13.2. The van der Waals surface area contributed by atoms with Crippen molar-refractivity contribution in [2.45, 2.75) is 26.2 Å². The van der Waals surface area contributed by atoms with Crippen molar-refractivity contribution in [3.05, 3.63) is 71.6 Å². The molecule has 1 aliphatic heterocycles. The number of carbonyl (C=O) groups is 2. The molecule has 7 heteroatoms. The Bertz CT molecular complexity index is 1020. The second-order valence-corrected chi connectivity index (χ2v) is 8.86. The Balaban J connectivity index is 1.58. The summed E-state index contributed by atoms with van der Waals surface area (Å²) >= 11 is 1.71. The molecule has 0 radical (unpaired) electrons. The first-order valence-electron chi connectivity index (χ1n) is 10.6. The summed E-state index contributed by atoms with van der Waals surface area (Å²) in [5, 5.41) is 5.07. The lowest BCUT2D eigenvalue weighted by molar-refractivity contribution is -0.133. The van der Waals surface area contributed by atoms with Gasteiger partial charge in [0, 0.05) is 36.9 Å². The van der Waals surface area contributed by atoms with Crippen LogP contribution >= 0.6 is 11.3 Å². The zero-order valence-electron chi connectivity index (χ0n) is 17.6.